The van der Waals surface area contributed by atoms with Crippen molar-refractivity contribution in [2.75, 3.05) is 7.11 Å². The van der Waals surface area contributed by atoms with Crippen LogP contribution in [0.15, 0.2) is 12.2 Å². The van der Waals surface area contributed by atoms with Crippen LogP contribution in [-0.4, -0.2) is 19.4 Å². The van der Waals surface area contributed by atoms with Crippen LogP contribution in [-0.2, 0) is 9.47 Å². The summed E-state index contributed by atoms with van der Waals surface area (Å²) in [6, 6.07) is 0. The van der Waals surface area contributed by atoms with Gasteiger partial charge < -0.3 is 9.47 Å². The summed E-state index contributed by atoms with van der Waals surface area (Å²) in [4.78, 5) is 11.2. The molecule has 0 aromatic rings. The number of rotatable bonds is 1. The van der Waals surface area contributed by atoms with Crippen molar-refractivity contribution in [3.05, 3.63) is 12.2 Å². The molecule has 3 saturated carbocycles. The highest BCUT2D eigenvalue weighted by Gasteiger charge is 2.61. The predicted molar refractivity (Wildman–Crippen MR) is 61.2 cm³/mol. The minimum atomic E-state index is -0.502. The van der Waals surface area contributed by atoms with Gasteiger partial charge in [-0.3, -0.25) is 0 Å². The summed E-state index contributed by atoms with van der Waals surface area (Å²) in [5.74, 6) is 4.68. The van der Waals surface area contributed by atoms with Crippen molar-refractivity contribution in [1.82, 2.24) is 0 Å². The lowest BCUT2D eigenvalue weighted by Gasteiger charge is -2.35. The lowest BCUT2D eigenvalue weighted by molar-refractivity contribution is -0.00947. The Hall–Kier alpha value is -0.990. The first-order valence-electron chi connectivity index (χ1n) is 6.71. The molecular formula is C14H18O3. The van der Waals surface area contributed by atoms with Gasteiger partial charge in [0.1, 0.15) is 6.10 Å². The lowest BCUT2D eigenvalue weighted by atomic mass is 9.72. The van der Waals surface area contributed by atoms with Crippen LogP contribution in [0.4, 0.5) is 4.79 Å². The highest BCUT2D eigenvalue weighted by atomic mass is 16.7. The van der Waals surface area contributed by atoms with Gasteiger partial charge in [0.25, 0.3) is 0 Å². The monoisotopic (exact) mass is 234 g/mol. The van der Waals surface area contributed by atoms with E-state index in [0.29, 0.717) is 5.92 Å². The molecule has 0 aromatic heterocycles. The van der Waals surface area contributed by atoms with Crippen molar-refractivity contribution in [3.8, 4) is 0 Å². The molecule has 4 aliphatic carbocycles. The first-order chi connectivity index (χ1) is 8.28. The van der Waals surface area contributed by atoms with Crippen LogP contribution in [0.3, 0.4) is 0 Å². The fourth-order valence-electron chi connectivity index (χ4n) is 5.26. The van der Waals surface area contributed by atoms with E-state index >= 15 is 0 Å². The Balaban J connectivity index is 1.55. The minimum absolute atomic E-state index is 0.126. The van der Waals surface area contributed by atoms with E-state index in [1.165, 1.54) is 20.0 Å². The van der Waals surface area contributed by atoms with E-state index in [4.69, 9.17) is 4.74 Å². The molecule has 4 aliphatic rings. The van der Waals surface area contributed by atoms with Crippen LogP contribution in [0, 0.1) is 35.5 Å². The number of allylic oxidation sites excluding steroid dienone is 2. The second kappa shape index (κ2) is 3.27. The van der Waals surface area contributed by atoms with Crippen molar-refractivity contribution < 1.29 is 14.3 Å². The maximum absolute atomic E-state index is 11.2. The van der Waals surface area contributed by atoms with E-state index in [0.717, 1.165) is 36.0 Å². The Labute approximate surface area is 101 Å². The van der Waals surface area contributed by atoms with Gasteiger partial charge in [0.05, 0.1) is 7.11 Å². The van der Waals surface area contributed by atoms with E-state index in [9.17, 15) is 4.79 Å². The Morgan fingerprint density at radius 3 is 2.65 bits per heavy atom. The van der Waals surface area contributed by atoms with Crippen LogP contribution in [0.2, 0.25) is 0 Å². The van der Waals surface area contributed by atoms with Gasteiger partial charge >= 0.3 is 6.16 Å². The maximum Gasteiger partial charge on any atom is 0.508 e. The third kappa shape index (κ3) is 1.20. The van der Waals surface area contributed by atoms with Crippen LogP contribution in [0.1, 0.15) is 19.3 Å². The normalized spacial score (nSPS) is 52.9. The van der Waals surface area contributed by atoms with Crippen LogP contribution in [0.25, 0.3) is 0 Å². The summed E-state index contributed by atoms with van der Waals surface area (Å²) in [6.45, 7) is 0. The van der Waals surface area contributed by atoms with Crippen molar-refractivity contribution in [1.29, 1.82) is 0 Å². The highest BCUT2D eigenvalue weighted by molar-refractivity contribution is 5.60. The summed E-state index contributed by atoms with van der Waals surface area (Å²) < 4.78 is 10.0. The Kier molecular flexibility index (Phi) is 1.92. The lowest BCUT2D eigenvalue weighted by Crippen LogP contribution is -2.36. The fraction of sp³-hybridized carbons (Fsp3) is 0.786. The number of carbonyl (C=O) groups excluding carboxylic acids is 1. The quantitative estimate of drug-likeness (QED) is 0.397. The first-order valence-corrected chi connectivity index (χ1v) is 6.71. The zero-order valence-electron chi connectivity index (χ0n) is 10.0. The molecule has 3 fully saturated rings. The predicted octanol–water partition coefficient (Wildman–Crippen LogP) is 2.62. The third-order valence-corrected chi connectivity index (χ3v) is 5.62. The standard InChI is InChI=1S/C14H18O3/c1-16-14(15)17-11-6-9-5-10(11)13-8-3-2-7(4-8)12(9)13/h2-3,7-13H,4-6H2,1H3. The zero-order chi connectivity index (χ0) is 11.6. The average Bonchev–Trinajstić information content (AvgIpc) is 3.06. The Morgan fingerprint density at radius 2 is 1.88 bits per heavy atom. The molecule has 4 bridgehead atoms. The number of hydrogen-bond donors (Lipinski definition) is 0. The molecule has 3 heteroatoms. The Morgan fingerprint density at radius 1 is 1.12 bits per heavy atom. The summed E-state index contributed by atoms with van der Waals surface area (Å²) in [5.41, 5.74) is 0. The molecule has 7 unspecified atom stereocenters. The van der Waals surface area contributed by atoms with E-state index in [-0.39, 0.29) is 6.10 Å². The van der Waals surface area contributed by atoms with Gasteiger partial charge in [-0.15, -0.1) is 0 Å². The highest BCUT2D eigenvalue weighted by Crippen LogP contribution is 2.65. The number of methoxy groups -OCH3 is 1. The first kappa shape index (κ1) is 9.98. The number of ether oxygens (including phenoxy) is 2. The smallest absolute Gasteiger partial charge is 0.438 e. The topological polar surface area (TPSA) is 35.5 Å². The molecule has 0 aliphatic heterocycles. The largest absolute Gasteiger partial charge is 0.508 e. The molecule has 0 spiro atoms. The molecular weight excluding hydrogens is 216 g/mol. The van der Waals surface area contributed by atoms with Crippen molar-refractivity contribution in [2.24, 2.45) is 35.5 Å². The second-order valence-corrected chi connectivity index (χ2v) is 6.11. The van der Waals surface area contributed by atoms with Gasteiger partial charge in [0.2, 0.25) is 0 Å². The molecule has 17 heavy (non-hydrogen) atoms. The Bertz CT molecular complexity index is 389. The molecule has 0 aromatic carbocycles. The van der Waals surface area contributed by atoms with E-state index in [1.54, 1.807) is 0 Å². The van der Waals surface area contributed by atoms with Gasteiger partial charge in [0.15, 0.2) is 0 Å². The van der Waals surface area contributed by atoms with Crippen LogP contribution in [0.5, 0.6) is 0 Å². The van der Waals surface area contributed by atoms with Gasteiger partial charge in [-0.1, -0.05) is 12.2 Å². The number of carbonyl (C=O) groups is 1. The van der Waals surface area contributed by atoms with Crippen molar-refractivity contribution in [2.45, 2.75) is 25.4 Å². The van der Waals surface area contributed by atoms with Crippen LogP contribution < -0.4 is 0 Å². The van der Waals surface area contributed by atoms with Gasteiger partial charge in [0, 0.05) is 5.92 Å². The molecule has 3 nitrogen and oxygen atoms in total. The average molecular weight is 234 g/mol. The number of fused-ring (bicyclic) bond motifs is 9. The van der Waals surface area contributed by atoms with Gasteiger partial charge in [-0.2, -0.15) is 0 Å². The summed E-state index contributed by atoms with van der Waals surface area (Å²) in [7, 11) is 1.39. The summed E-state index contributed by atoms with van der Waals surface area (Å²) in [6.07, 6.45) is 8.15. The fourth-order valence-corrected chi connectivity index (χ4v) is 5.26. The van der Waals surface area contributed by atoms with E-state index in [1.807, 2.05) is 0 Å². The number of hydrogen-bond acceptors (Lipinski definition) is 3. The summed E-state index contributed by atoms with van der Waals surface area (Å²) in [5, 5.41) is 0. The molecule has 0 radical (unpaired) electrons. The molecule has 0 heterocycles. The second-order valence-electron chi connectivity index (χ2n) is 6.11. The van der Waals surface area contributed by atoms with Crippen molar-refractivity contribution in [3.63, 3.8) is 0 Å². The molecule has 92 valence electrons. The molecule has 7 atom stereocenters. The summed E-state index contributed by atoms with van der Waals surface area (Å²) >= 11 is 0. The van der Waals surface area contributed by atoms with Gasteiger partial charge in [-0.05, 0) is 48.9 Å². The molecule has 0 saturated heterocycles. The van der Waals surface area contributed by atoms with Crippen molar-refractivity contribution >= 4 is 6.16 Å². The van der Waals surface area contributed by atoms with E-state index in [2.05, 4.69) is 16.9 Å². The third-order valence-electron chi connectivity index (χ3n) is 5.62. The van der Waals surface area contributed by atoms with Gasteiger partial charge in [-0.25, -0.2) is 4.79 Å². The van der Waals surface area contributed by atoms with Crippen LogP contribution >= 0.6 is 0 Å². The molecule has 0 amide bonds. The minimum Gasteiger partial charge on any atom is -0.438 e. The maximum atomic E-state index is 11.2. The molecule has 0 N–H and O–H groups in total. The molecule has 4 rings (SSSR count). The zero-order valence-corrected chi connectivity index (χ0v) is 10.0. The SMILES string of the molecule is COC(=O)OC1CC2CC1C1C3C=CC(C3)C21. The van der Waals surface area contributed by atoms with E-state index < -0.39 is 6.16 Å².